The molecule has 15 heavy (non-hydrogen) atoms. The van der Waals surface area contributed by atoms with E-state index in [1.165, 1.54) is 0 Å². The normalized spacial score (nSPS) is 13.6. The molecule has 0 saturated carbocycles. The molecule has 0 aliphatic carbocycles. The summed E-state index contributed by atoms with van der Waals surface area (Å²) in [4.78, 5) is 0. The summed E-state index contributed by atoms with van der Waals surface area (Å²) in [6.07, 6.45) is -6.04. The fourth-order valence-electron chi connectivity index (χ4n) is 1.13. The van der Waals surface area contributed by atoms with Gasteiger partial charge in [-0.05, 0) is 0 Å². The van der Waals surface area contributed by atoms with Crippen LogP contribution in [0.5, 0.6) is 0 Å². The zero-order valence-electron chi connectivity index (χ0n) is 7.43. The largest absolute Gasteiger partial charge is 0.319 e. The first kappa shape index (κ1) is 11.9. The number of hydrogen-bond donors (Lipinski definition) is 1. The average Bonchev–Trinajstić information content (AvgIpc) is 2.16. The number of halogens is 5. The van der Waals surface area contributed by atoms with Crippen molar-refractivity contribution in [2.24, 2.45) is 5.73 Å². The van der Waals surface area contributed by atoms with Crippen molar-refractivity contribution in [3.8, 4) is 0 Å². The summed E-state index contributed by atoms with van der Waals surface area (Å²) in [5, 5.41) is 0. The zero-order valence-corrected chi connectivity index (χ0v) is 7.43. The number of nitrogens with two attached hydrogens (primary N) is 1. The summed E-state index contributed by atoms with van der Waals surface area (Å²) in [7, 11) is 0. The first-order valence-corrected chi connectivity index (χ1v) is 4.05. The molecule has 0 aliphatic rings. The molecule has 0 bridgehead atoms. The second kappa shape index (κ2) is 4.57. The summed E-state index contributed by atoms with van der Waals surface area (Å²) in [6, 6.07) is 0.991. The second-order valence-electron chi connectivity index (χ2n) is 2.91. The fraction of sp³-hybridized carbons (Fsp3) is 0.333. The van der Waals surface area contributed by atoms with Gasteiger partial charge < -0.3 is 5.73 Å². The molecular weight excluding hydrogens is 217 g/mol. The Bertz CT molecular complexity index is 339. The Hall–Kier alpha value is -1.17. The lowest BCUT2D eigenvalue weighted by Gasteiger charge is -2.13. The van der Waals surface area contributed by atoms with Gasteiger partial charge in [-0.3, -0.25) is 0 Å². The molecule has 0 aromatic heterocycles. The van der Waals surface area contributed by atoms with Crippen LogP contribution in [-0.4, -0.2) is 6.43 Å². The molecule has 0 aliphatic heterocycles. The van der Waals surface area contributed by atoms with Gasteiger partial charge in [-0.15, -0.1) is 0 Å². The quantitative estimate of drug-likeness (QED) is 0.786. The molecule has 0 radical (unpaired) electrons. The molecule has 1 aromatic rings. The maximum Gasteiger partial charge on any atom is 0.266 e. The molecule has 0 amide bonds. The van der Waals surface area contributed by atoms with Crippen molar-refractivity contribution < 1.29 is 22.0 Å². The molecule has 1 atom stereocenters. The lowest BCUT2D eigenvalue weighted by atomic mass is 10.0. The summed E-state index contributed by atoms with van der Waals surface area (Å²) in [6.45, 7) is 0. The van der Waals surface area contributed by atoms with Crippen LogP contribution >= 0.6 is 0 Å². The predicted molar refractivity (Wildman–Crippen MR) is 44.3 cm³/mol. The van der Waals surface area contributed by atoms with Gasteiger partial charge in [0.05, 0.1) is 11.6 Å². The minimum Gasteiger partial charge on any atom is -0.319 e. The van der Waals surface area contributed by atoms with Crippen LogP contribution in [0, 0.1) is 5.82 Å². The molecule has 6 heteroatoms. The van der Waals surface area contributed by atoms with Crippen LogP contribution in [0.15, 0.2) is 18.2 Å². The van der Waals surface area contributed by atoms with Crippen LogP contribution < -0.4 is 5.73 Å². The Morgan fingerprint density at radius 1 is 1.00 bits per heavy atom. The van der Waals surface area contributed by atoms with Gasteiger partial charge in [0.15, 0.2) is 0 Å². The third-order valence-electron chi connectivity index (χ3n) is 1.92. The van der Waals surface area contributed by atoms with E-state index in [9.17, 15) is 22.0 Å². The van der Waals surface area contributed by atoms with Crippen molar-refractivity contribution in [3.63, 3.8) is 0 Å². The van der Waals surface area contributed by atoms with Gasteiger partial charge in [-0.25, -0.2) is 22.0 Å². The topological polar surface area (TPSA) is 26.0 Å². The van der Waals surface area contributed by atoms with E-state index in [0.717, 1.165) is 18.2 Å². The number of alkyl halides is 4. The lowest BCUT2D eigenvalue weighted by Crippen LogP contribution is -2.20. The monoisotopic (exact) mass is 225 g/mol. The van der Waals surface area contributed by atoms with Gasteiger partial charge in [0.2, 0.25) is 0 Å². The number of benzene rings is 1. The SMILES string of the molecule is NC(c1cccc(C(F)F)c1F)C(F)F. The molecule has 1 rings (SSSR count). The highest BCUT2D eigenvalue weighted by Crippen LogP contribution is 2.28. The van der Waals surface area contributed by atoms with Gasteiger partial charge >= 0.3 is 0 Å². The highest BCUT2D eigenvalue weighted by Gasteiger charge is 2.24. The highest BCUT2D eigenvalue weighted by atomic mass is 19.3. The summed E-state index contributed by atoms with van der Waals surface area (Å²) >= 11 is 0. The van der Waals surface area contributed by atoms with E-state index in [4.69, 9.17) is 5.73 Å². The maximum absolute atomic E-state index is 13.2. The van der Waals surface area contributed by atoms with Crippen LogP contribution in [-0.2, 0) is 0 Å². The standard InChI is InChI=1S/C9H8F5N/c10-6-4(7(15)9(13)14)2-1-3-5(6)8(11)12/h1-3,7-9H,15H2. The van der Waals surface area contributed by atoms with E-state index in [1.807, 2.05) is 0 Å². The molecule has 84 valence electrons. The van der Waals surface area contributed by atoms with E-state index < -0.39 is 35.8 Å². The van der Waals surface area contributed by atoms with Gasteiger partial charge in [0, 0.05) is 5.56 Å². The molecule has 1 unspecified atom stereocenters. The smallest absolute Gasteiger partial charge is 0.266 e. The Kier molecular flexibility index (Phi) is 3.62. The van der Waals surface area contributed by atoms with Gasteiger partial charge in [-0.1, -0.05) is 18.2 Å². The summed E-state index contributed by atoms with van der Waals surface area (Å²) < 4.78 is 61.9. The Labute approximate surface area is 82.7 Å². The van der Waals surface area contributed by atoms with Crippen LogP contribution in [0.25, 0.3) is 0 Å². The lowest BCUT2D eigenvalue weighted by molar-refractivity contribution is 0.113. The Balaban J connectivity index is 3.15. The van der Waals surface area contributed by atoms with Crippen LogP contribution in [0.2, 0.25) is 0 Å². The fourth-order valence-corrected chi connectivity index (χ4v) is 1.13. The minimum atomic E-state index is -3.05. The first-order valence-electron chi connectivity index (χ1n) is 4.05. The predicted octanol–water partition coefficient (Wildman–Crippen LogP) is 3.03. The van der Waals surface area contributed by atoms with Gasteiger partial charge in [0.1, 0.15) is 5.82 Å². The zero-order chi connectivity index (χ0) is 11.6. The molecule has 1 nitrogen and oxygen atoms in total. The number of hydrogen-bond acceptors (Lipinski definition) is 1. The molecule has 1 aromatic carbocycles. The van der Waals surface area contributed by atoms with E-state index in [0.29, 0.717) is 0 Å². The van der Waals surface area contributed by atoms with Crippen molar-refractivity contribution in [3.05, 3.63) is 35.1 Å². The van der Waals surface area contributed by atoms with Crippen LogP contribution in [0.4, 0.5) is 22.0 Å². The van der Waals surface area contributed by atoms with Gasteiger partial charge in [-0.2, -0.15) is 0 Å². The molecule has 0 fully saturated rings. The van der Waals surface area contributed by atoms with Crippen molar-refractivity contribution in [2.45, 2.75) is 18.9 Å². The molecular formula is C9H8F5N. The maximum atomic E-state index is 13.2. The Morgan fingerprint density at radius 3 is 2.00 bits per heavy atom. The van der Waals surface area contributed by atoms with Crippen LogP contribution in [0.1, 0.15) is 23.6 Å². The summed E-state index contributed by atoms with van der Waals surface area (Å²) in [5.74, 6) is -1.36. The van der Waals surface area contributed by atoms with E-state index in [2.05, 4.69) is 0 Å². The number of rotatable bonds is 3. The van der Waals surface area contributed by atoms with Crippen molar-refractivity contribution in [2.75, 3.05) is 0 Å². The average molecular weight is 225 g/mol. The molecule has 0 saturated heterocycles. The van der Waals surface area contributed by atoms with E-state index in [-0.39, 0.29) is 0 Å². The van der Waals surface area contributed by atoms with Crippen LogP contribution in [0.3, 0.4) is 0 Å². The van der Waals surface area contributed by atoms with Gasteiger partial charge in [0.25, 0.3) is 12.9 Å². The summed E-state index contributed by atoms with van der Waals surface area (Å²) in [5.41, 5.74) is 3.46. The van der Waals surface area contributed by atoms with Crippen molar-refractivity contribution in [1.82, 2.24) is 0 Å². The third kappa shape index (κ3) is 2.44. The highest BCUT2D eigenvalue weighted by molar-refractivity contribution is 5.29. The molecule has 0 heterocycles. The first-order chi connectivity index (χ1) is 6.95. The third-order valence-corrected chi connectivity index (χ3v) is 1.92. The van der Waals surface area contributed by atoms with Crippen molar-refractivity contribution >= 4 is 0 Å². The molecule has 0 spiro atoms. The molecule has 2 N–H and O–H groups in total. The van der Waals surface area contributed by atoms with E-state index >= 15 is 0 Å². The Morgan fingerprint density at radius 2 is 1.53 bits per heavy atom. The second-order valence-corrected chi connectivity index (χ2v) is 2.91. The van der Waals surface area contributed by atoms with Crippen molar-refractivity contribution in [1.29, 1.82) is 0 Å². The minimum absolute atomic E-state index is 0.595. The van der Waals surface area contributed by atoms with E-state index in [1.54, 1.807) is 0 Å².